The van der Waals surface area contributed by atoms with Crippen molar-refractivity contribution in [2.24, 2.45) is 0 Å². The number of nitrogens with one attached hydrogen (secondary N) is 2. The number of carbonyl (C=O) groups excluding carboxylic acids is 1. The molecule has 0 aliphatic carbocycles. The summed E-state index contributed by atoms with van der Waals surface area (Å²) in [6.45, 7) is 2.79. The highest BCUT2D eigenvalue weighted by Gasteiger charge is 2.21. The van der Waals surface area contributed by atoms with Crippen molar-refractivity contribution < 1.29 is 9.69 Å². The molecule has 2 aromatic carbocycles. The summed E-state index contributed by atoms with van der Waals surface area (Å²) in [5.41, 5.74) is 2.08. The number of benzene rings is 2. The molecule has 3 heteroatoms. The van der Waals surface area contributed by atoms with Crippen LogP contribution in [0.25, 0.3) is 0 Å². The standard InChI is InChI=1S/C17H20N2O/c1-14(17(20)18-16-11-7-4-8-12-16)19(2)13-15-9-5-3-6-10-15/h3-12,14H,13H2,1-2H3,(H,18,20)/p+1/t14-/m0/s1. The van der Waals surface area contributed by atoms with Gasteiger partial charge in [-0.2, -0.15) is 0 Å². The van der Waals surface area contributed by atoms with Crippen molar-refractivity contribution >= 4 is 11.6 Å². The zero-order valence-corrected chi connectivity index (χ0v) is 12.0. The second kappa shape index (κ2) is 6.87. The van der Waals surface area contributed by atoms with E-state index in [4.69, 9.17) is 0 Å². The molecule has 1 amide bonds. The topological polar surface area (TPSA) is 33.5 Å². The molecule has 2 aromatic rings. The lowest BCUT2D eigenvalue weighted by atomic mass is 10.2. The van der Waals surface area contributed by atoms with Gasteiger partial charge in [0.25, 0.3) is 5.91 Å². The Hall–Kier alpha value is -2.13. The quantitative estimate of drug-likeness (QED) is 0.851. The lowest BCUT2D eigenvalue weighted by Gasteiger charge is -2.21. The van der Waals surface area contributed by atoms with Gasteiger partial charge in [-0.3, -0.25) is 4.79 Å². The summed E-state index contributed by atoms with van der Waals surface area (Å²) >= 11 is 0. The zero-order chi connectivity index (χ0) is 14.4. The van der Waals surface area contributed by atoms with Gasteiger partial charge < -0.3 is 10.2 Å². The van der Waals surface area contributed by atoms with E-state index in [0.29, 0.717) is 0 Å². The van der Waals surface area contributed by atoms with Crippen molar-refractivity contribution in [3.8, 4) is 0 Å². The molecule has 1 unspecified atom stereocenters. The molecule has 2 N–H and O–H groups in total. The third-order valence-corrected chi connectivity index (χ3v) is 3.50. The third kappa shape index (κ3) is 3.93. The van der Waals surface area contributed by atoms with Crippen molar-refractivity contribution in [3.05, 3.63) is 66.2 Å². The molecule has 20 heavy (non-hydrogen) atoms. The molecule has 0 fully saturated rings. The number of hydrogen-bond donors (Lipinski definition) is 2. The minimum absolute atomic E-state index is 0.0460. The number of hydrogen-bond acceptors (Lipinski definition) is 1. The lowest BCUT2D eigenvalue weighted by molar-refractivity contribution is -0.907. The molecule has 0 radical (unpaired) electrons. The number of quaternary nitrogens is 1. The van der Waals surface area contributed by atoms with Crippen LogP contribution in [-0.4, -0.2) is 19.0 Å². The predicted octanol–water partition coefficient (Wildman–Crippen LogP) is 1.73. The highest BCUT2D eigenvalue weighted by molar-refractivity contribution is 5.93. The third-order valence-electron chi connectivity index (χ3n) is 3.50. The Bertz CT molecular complexity index is 539. The van der Waals surface area contributed by atoms with E-state index in [1.807, 2.05) is 62.5 Å². The second-order valence-corrected chi connectivity index (χ2v) is 5.09. The van der Waals surface area contributed by atoms with E-state index in [1.165, 1.54) is 10.5 Å². The minimum atomic E-state index is -0.101. The fraction of sp³-hybridized carbons (Fsp3) is 0.235. The van der Waals surface area contributed by atoms with Crippen LogP contribution in [-0.2, 0) is 11.3 Å². The summed E-state index contributed by atoms with van der Waals surface area (Å²) in [6, 6.07) is 19.7. The fourth-order valence-electron chi connectivity index (χ4n) is 2.07. The molecule has 0 aliphatic heterocycles. The molecule has 0 aromatic heterocycles. The highest BCUT2D eigenvalue weighted by atomic mass is 16.2. The summed E-state index contributed by atoms with van der Waals surface area (Å²) in [7, 11) is 2.04. The van der Waals surface area contributed by atoms with Crippen LogP contribution in [0.1, 0.15) is 12.5 Å². The maximum absolute atomic E-state index is 12.2. The Labute approximate surface area is 120 Å². The predicted molar refractivity (Wildman–Crippen MR) is 81.6 cm³/mol. The Kier molecular flexibility index (Phi) is 4.91. The molecule has 0 aliphatic rings. The van der Waals surface area contributed by atoms with Gasteiger partial charge in [-0.05, 0) is 19.1 Å². The van der Waals surface area contributed by atoms with Crippen LogP contribution in [0.3, 0.4) is 0 Å². The lowest BCUT2D eigenvalue weighted by Crippen LogP contribution is -3.12. The van der Waals surface area contributed by atoms with Gasteiger partial charge in [0.1, 0.15) is 6.54 Å². The van der Waals surface area contributed by atoms with Gasteiger partial charge in [0.15, 0.2) is 6.04 Å². The normalized spacial score (nSPS) is 13.5. The van der Waals surface area contributed by atoms with Crippen LogP contribution in [0.5, 0.6) is 0 Å². The van der Waals surface area contributed by atoms with E-state index in [9.17, 15) is 4.79 Å². The van der Waals surface area contributed by atoms with E-state index in [0.717, 1.165) is 12.2 Å². The summed E-state index contributed by atoms with van der Waals surface area (Å²) in [5, 5.41) is 2.95. The first-order valence-electron chi connectivity index (χ1n) is 6.89. The largest absolute Gasteiger partial charge is 0.324 e. The Balaban J connectivity index is 1.93. The van der Waals surface area contributed by atoms with Crippen molar-refractivity contribution in [3.63, 3.8) is 0 Å². The molecule has 0 heterocycles. The number of amides is 1. The van der Waals surface area contributed by atoms with E-state index >= 15 is 0 Å². The Morgan fingerprint density at radius 2 is 1.60 bits per heavy atom. The Morgan fingerprint density at radius 3 is 2.20 bits per heavy atom. The van der Waals surface area contributed by atoms with Gasteiger partial charge in [-0.25, -0.2) is 0 Å². The van der Waals surface area contributed by atoms with Gasteiger partial charge in [-0.15, -0.1) is 0 Å². The summed E-state index contributed by atoms with van der Waals surface area (Å²) in [5.74, 6) is 0.0460. The first-order valence-corrected chi connectivity index (χ1v) is 6.89. The second-order valence-electron chi connectivity index (χ2n) is 5.09. The van der Waals surface area contributed by atoms with Crippen LogP contribution in [0.2, 0.25) is 0 Å². The fourth-order valence-corrected chi connectivity index (χ4v) is 2.07. The van der Waals surface area contributed by atoms with Crippen molar-refractivity contribution in [2.45, 2.75) is 19.5 Å². The molecular formula is C17H21N2O+. The molecule has 0 saturated heterocycles. The molecule has 3 nitrogen and oxygen atoms in total. The van der Waals surface area contributed by atoms with Gasteiger partial charge >= 0.3 is 0 Å². The van der Waals surface area contributed by atoms with Crippen molar-refractivity contribution in [1.82, 2.24) is 0 Å². The van der Waals surface area contributed by atoms with Crippen LogP contribution >= 0.6 is 0 Å². The number of anilines is 1. The minimum Gasteiger partial charge on any atom is -0.324 e. The molecule has 2 rings (SSSR count). The van der Waals surface area contributed by atoms with Crippen LogP contribution in [0.15, 0.2) is 60.7 Å². The first-order chi connectivity index (χ1) is 9.66. The Morgan fingerprint density at radius 1 is 1.05 bits per heavy atom. The molecule has 104 valence electrons. The van der Waals surface area contributed by atoms with Crippen LogP contribution in [0.4, 0.5) is 5.69 Å². The number of likely N-dealkylation sites (N-methyl/N-ethyl adjacent to an activating group) is 1. The van der Waals surface area contributed by atoms with Crippen molar-refractivity contribution in [2.75, 3.05) is 12.4 Å². The molecule has 0 bridgehead atoms. The van der Waals surface area contributed by atoms with Gasteiger partial charge in [-0.1, -0.05) is 48.5 Å². The SMILES string of the molecule is C[C@@H](C(=O)Nc1ccccc1)[NH+](C)Cc1ccccc1. The first kappa shape index (κ1) is 14.3. The number of rotatable bonds is 5. The van der Waals surface area contributed by atoms with Crippen molar-refractivity contribution in [1.29, 1.82) is 0 Å². The summed E-state index contributed by atoms with van der Waals surface area (Å²) in [6.07, 6.45) is 0. The molecular weight excluding hydrogens is 248 g/mol. The average Bonchev–Trinajstić information content (AvgIpc) is 2.48. The zero-order valence-electron chi connectivity index (χ0n) is 12.0. The van der Waals surface area contributed by atoms with E-state index in [2.05, 4.69) is 17.4 Å². The monoisotopic (exact) mass is 269 g/mol. The van der Waals surface area contributed by atoms with Gasteiger partial charge in [0, 0.05) is 11.3 Å². The maximum Gasteiger partial charge on any atom is 0.282 e. The highest BCUT2D eigenvalue weighted by Crippen LogP contribution is 2.05. The molecule has 0 saturated carbocycles. The van der Waals surface area contributed by atoms with E-state index in [-0.39, 0.29) is 11.9 Å². The smallest absolute Gasteiger partial charge is 0.282 e. The van der Waals surface area contributed by atoms with Gasteiger partial charge in [0.05, 0.1) is 7.05 Å². The summed E-state index contributed by atoms with van der Waals surface area (Å²) in [4.78, 5) is 13.4. The van der Waals surface area contributed by atoms with E-state index < -0.39 is 0 Å². The summed E-state index contributed by atoms with van der Waals surface area (Å²) < 4.78 is 0. The maximum atomic E-state index is 12.2. The van der Waals surface area contributed by atoms with Gasteiger partial charge in [0.2, 0.25) is 0 Å². The number of carbonyl (C=O) groups is 1. The average molecular weight is 269 g/mol. The van der Waals surface area contributed by atoms with Crippen LogP contribution < -0.4 is 10.2 Å². The molecule has 0 spiro atoms. The number of para-hydroxylation sites is 1. The molecule has 2 atom stereocenters. The van der Waals surface area contributed by atoms with E-state index in [1.54, 1.807) is 0 Å². The van der Waals surface area contributed by atoms with Crippen LogP contribution in [0, 0.1) is 0 Å².